The first-order chi connectivity index (χ1) is 8.12. The van der Waals surface area contributed by atoms with Gasteiger partial charge in [0, 0.05) is 13.7 Å². The van der Waals surface area contributed by atoms with Gasteiger partial charge in [0.2, 0.25) is 0 Å². The third-order valence-electron chi connectivity index (χ3n) is 1.91. The smallest absolute Gasteiger partial charge is 0.338 e. The second kappa shape index (κ2) is 8.95. The highest BCUT2D eigenvalue weighted by Gasteiger charge is 2.36. The van der Waals surface area contributed by atoms with Gasteiger partial charge in [0.25, 0.3) is 0 Å². The summed E-state index contributed by atoms with van der Waals surface area (Å²) >= 11 is 0. The minimum absolute atomic E-state index is 0.209. The minimum atomic E-state index is -1.10. The van der Waals surface area contributed by atoms with Crippen molar-refractivity contribution in [1.29, 1.82) is 0 Å². The van der Waals surface area contributed by atoms with Crippen molar-refractivity contribution in [3.8, 4) is 0 Å². The van der Waals surface area contributed by atoms with Gasteiger partial charge in [-0.1, -0.05) is 0 Å². The largest absolute Gasteiger partial charge is 0.464 e. The molecule has 6 nitrogen and oxygen atoms in total. The van der Waals surface area contributed by atoms with Crippen LogP contribution in [0.25, 0.3) is 0 Å². The van der Waals surface area contributed by atoms with Crippen LogP contribution in [0.5, 0.6) is 0 Å². The van der Waals surface area contributed by atoms with E-state index in [1.807, 2.05) is 0 Å². The molecule has 0 bridgehead atoms. The number of hydrogen-bond donors (Lipinski definition) is 0. The van der Waals surface area contributed by atoms with Crippen LogP contribution in [0.3, 0.4) is 0 Å². The summed E-state index contributed by atoms with van der Waals surface area (Å²) in [4.78, 5) is 23.2. The maximum atomic E-state index is 11.6. The summed E-state index contributed by atoms with van der Waals surface area (Å²) in [6.45, 7) is 5.74. The Bertz CT molecular complexity index is 240. The molecule has 0 saturated heterocycles. The van der Waals surface area contributed by atoms with Gasteiger partial charge in [-0.2, -0.15) is 0 Å². The molecule has 0 amide bonds. The quantitative estimate of drug-likeness (QED) is 0.584. The van der Waals surface area contributed by atoms with Crippen LogP contribution in [0.2, 0.25) is 0 Å². The van der Waals surface area contributed by atoms with Gasteiger partial charge in [-0.05, 0) is 20.8 Å². The Morgan fingerprint density at radius 3 is 1.71 bits per heavy atom. The molecule has 2 unspecified atom stereocenters. The van der Waals surface area contributed by atoms with Gasteiger partial charge in [-0.25, -0.2) is 9.59 Å². The predicted molar refractivity (Wildman–Crippen MR) is 59.5 cm³/mol. The van der Waals surface area contributed by atoms with E-state index in [2.05, 4.69) is 0 Å². The van der Waals surface area contributed by atoms with E-state index in [1.54, 1.807) is 20.8 Å². The Morgan fingerprint density at radius 1 is 0.882 bits per heavy atom. The van der Waals surface area contributed by atoms with Crippen LogP contribution >= 0.6 is 0 Å². The first-order valence-corrected chi connectivity index (χ1v) is 5.59. The SMILES string of the molecule is CCOC(=O)C(OC)C(OCC)C(=O)OCC. The van der Waals surface area contributed by atoms with Crippen LogP contribution in [0.4, 0.5) is 0 Å². The highest BCUT2D eigenvalue weighted by Crippen LogP contribution is 2.08. The van der Waals surface area contributed by atoms with Crippen molar-refractivity contribution in [3.05, 3.63) is 0 Å². The van der Waals surface area contributed by atoms with Crippen molar-refractivity contribution in [1.82, 2.24) is 0 Å². The molecule has 0 heterocycles. The fraction of sp³-hybridized carbons (Fsp3) is 0.818. The number of carbonyl (C=O) groups is 2. The van der Waals surface area contributed by atoms with E-state index in [0.29, 0.717) is 0 Å². The normalized spacial score (nSPS) is 13.9. The number of rotatable bonds is 8. The lowest BCUT2D eigenvalue weighted by Crippen LogP contribution is -2.45. The van der Waals surface area contributed by atoms with Crippen LogP contribution in [-0.2, 0) is 28.5 Å². The van der Waals surface area contributed by atoms with Crippen molar-refractivity contribution in [2.45, 2.75) is 33.0 Å². The second-order valence-electron chi connectivity index (χ2n) is 3.04. The standard InChI is InChI=1S/C11H20O6/c1-5-15-9(11(13)17-7-3)8(14-4)10(12)16-6-2/h8-9H,5-7H2,1-4H3. The maximum Gasteiger partial charge on any atom is 0.338 e. The predicted octanol–water partition coefficient (Wildman–Crippen LogP) is 0.533. The number of methoxy groups -OCH3 is 1. The van der Waals surface area contributed by atoms with Crippen LogP contribution in [0.15, 0.2) is 0 Å². The molecule has 0 aliphatic heterocycles. The molecule has 0 fully saturated rings. The lowest BCUT2D eigenvalue weighted by molar-refractivity contribution is -0.180. The Morgan fingerprint density at radius 2 is 1.35 bits per heavy atom. The molecular formula is C11H20O6. The first-order valence-electron chi connectivity index (χ1n) is 5.59. The summed E-state index contributed by atoms with van der Waals surface area (Å²) in [6, 6.07) is 0. The molecule has 0 N–H and O–H groups in total. The highest BCUT2D eigenvalue weighted by molar-refractivity contribution is 5.85. The highest BCUT2D eigenvalue weighted by atomic mass is 16.6. The average Bonchev–Trinajstić information content (AvgIpc) is 2.29. The molecule has 0 aliphatic carbocycles. The number of carbonyl (C=O) groups excluding carboxylic acids is 2. The van der Waals surface area contributed by atoms with Crippen LogP contribution in [0, 0.1) is 0 Å². The van der Waals surface area contributed by atoms with E-state index < -0.39 is 24.1 Å². The molecule has 0 aromatic carbocycles. The average molecular weight is 248 g/mol. The van der Waals surface area contributed by atoms with E-state index in [4.69, 9.17) is 18.9 Å². The van der Waals surface area contributed by atoms with E-state index in [0.717, 1.165) is 0 Å². The zero-order valence-electron chi connectivity index (χ0n) is 10.7. The van der Waals surface area contributed by atoms with E-state index in [9.17, 15) is 9.59 Å². The van der Waals surface area contributed by atoms with Gasteiger partial charge in [-0.15, -0.1) is 0 Å². The number of hydrogen-bond acceptors (Lipinski definition) is 6. The van der Waals surface area contributed by atoms with Gasteiger partial charge in [0.1, 0.15) is 0 Å². The Kier molecular flexibility index (Phi) is 8.35. The molecule has 2 atom stereocenters. The molecule has 0 aliphatic rings. The fourth-order valence-corrected chi connectivity index (χ4v) is 1.25. The van der Waals surface area contributed by atoms with Gasteiger partial charge < -0.3 is 18.9 Å². The monoisotopic (exact) mass is 248 g/mol. The topological polar surface area (TPSA) is 71.1 Å². The second-order valence-corrected chi connectivity index (χ2v) is 3.04. The lowest BCUT2D eigenvalue weighted by Gasteiger charge is -2.22. The molecular weight excluding hydrogens is 228 g/mol. The Hall–Kier alpha value is -1.14. The third-order valence-corrected chi connectivity index (χ3v) is 1.91. The van der Waals surface area contributed by atoms with Gasteiger partial charge in [0.05, 0.1) is 13.2 Å². The van der Waals surface area contributed by atoms with E-state index in [1.165, 1.54) is 7.11 Å². The van der Waals surface area contributed by atoms with Crippen LogP contribution < -0.4 is 0 Å². The summed E-state index contributed by atoms with van der Waals surface area (Å²) in [5.41, 5.74) is 0. The maximum absolute atomic E-state index is 11.6. The van der Waals surface area contributed by atoms with Crippen molar-refractivity contribution in [3.63, 3.8) is 0 Å². The van der Waals surface area contributed by atoms with Crippen molar-refractivity contribution < 1.29 is 28.5 Å². The molecule has 0 saturated carbocycles. The molecule has 0 aromatic heterocycles. The van der Waals surface area contributed by atoms with Crippen LogP contribution in [0.1, 0.15) is 20.8 Å². The minimum Gasteiger partial charge on any atom is -0.464 e. The first kappa shape index (κ1) is 15.9. The van der Waals surface area contributed by atoms with Gasteiger partial charge in [0.15, 0.2) is 12.2 Å². The van der Waals surface area contributed by atoms with Crippen LogP contribution in [-0.4, -0.2) is 51.1 Å². The fourth-order valence-electron chi connectivity index (χ4n) is 1.25. The van der Waals surface area contributed by atoms with Gasteiger partial charge in [-0.3, -0.25) is 0 Å². The van der Waals surface area contributed by atoms with Crippen molar-refractivity contribution >= 4 is 11.9 Å². The molecule has 0 aromatic rings. The van der Waals surface area contributed by atoms with Gasteiger partial charge >= 0.3 is 11.9 Å². The lowest BCUT2D eigenvalue weighted by atomic mass is 10.2. The van der Waals surface area contributed by atoms with E-state index in [-0.39, 0.29) is 19.8 Å². The Balaban J connectivity index is 4.72. The molecule has 0 rings (SSSR count). The zero-order valence-corrected chi connectivity index (χ0v) is 10.7. The van der Waals surface area contributed by atoms with E-state index >= 15 is 0 Å². The summed E-state index contributed by atoms with van der Waals surface area (Å²) in [6.07, 6.45) is -2.20. The summed E-state index contributed by atoms with van der Waals surface area (Å²) in [5, 5.41) is 0. The molecule has 6 heteroatoms. The van der Waals surface area contributed by atoms with Crippen molar-refractivity contribution in [2.24, 2.45) is 0 Å². The zero-order chi connectivity index (χ0) is 13.3. The number of esters is 2. The number of ether oxygens (including phenoxy) is 4. The molecule has 17 heavy (non-hydrogen) atoms. The summed E-state index contributed by atoms with van der Waals surface area (Å²) in [5.74, 6) is -1.27. The Labute approximate surface area is 101 Å². The third kappa shape index (κ3) is 5.14. The van der Waals surface area contributed by atoms with Crippen molar-refractivity contribution in [2.75, 3.05) is 26.9 Å². The molecule has 100 valence electrons. The summed E-state index contributed by atoms with van der Waals surface area (Å²) < 4.78 is 19.7. The molecule has 0 spiro atoms. The molecule has 0 radical (unpaired) electrons. The summed E-state index contributed by atoms with van der Waals surface area (Å²) in [7, 11) is 1.31.